The first-order valence-electron chi connectivity index (χ1n) is 5.65. The number of nitrogens with zero attached hydrogens (tertiary/aromatic N) is 1. The molecule has 2 aliphatic rings. The molecule has 0 aromatic carbocycles. The summed E-state index contributed by atoms with van der Waals surface area (Å²) in [4.78, 5) is 10.9. The normalized spacial score (nSPS) is 30.4. The molecule has 1 aromatic heterocycles. The fourth-order valence-corrected chi connectivity index (χ4v) is 3.04. The quantitative estimate of drug-likeness (QED) is 0.762. The third-order valence-corrected chi connectivity index (χ3v) is 3.85. The number of aromatic carboxylic acids is 1. The summed E-state index contributed by atoms with van der Waals surface area (Å²) in [5.41, 5.74) is 2.25. The van der Waals surface area contributed by atoms with Crippen molar-refractivity contribution in [3.63, 3.8) is 0 Å². The summed E-state index contributed by atoms with van der Waals surface area (Å²) >= 11 is 0. The predicted molar refractivity (Wildman–Crippen MR) is 58.4 cm³/mol. The molecule has 0 aliphatic heterocycles. The molecule has 1 fully saturated rings. The average Bonchev–Trinajstić information content (AvgIpc) is 2.60. The first kappa shape index (κ1) is 9.63. The van der Waals surface area contributed by atoms with Crippen LogP contribution in [0.15, 0.2) is 12.2 Å². The highest BCUT2D eigenvalue weighted by Gasteiger charge is 2.56. The summed E-state index contributed by atoms with van der Waals surface area (Å²) in [7, 11) is 0. The Labute approximate surface area is 93.4 Å². The van der Waals surface area contributed by atoms with Gasteiger partial charge >= 0.3 is 5.97 Å². The molecule has 0 bridgehead atoms. The van der Waals surface area contributed by atoms with E-state index in [0.717, 1.165) is 24.1 Å². The number of rotatable bonds is 3. The van der Waals surface area contributed by atoms with Gasteiger partial charge in [0.05, 0.1) is 0 Å². The average molecular weight is 218 g/mol. The number of H-pyrrole nitrogens is 1. The fourth-order valence-electron chi connectivity index (χ4n) is 3.04. The Morgan fingerprint density at radius 1 is 1.69 bits per heavy atom. The Bertz CT molecular complexity index is 475. The number of hydrogen-bond acceptors (Lipinski definition) is 2. The minimum absolute atomic E-state index is 0.229. The third-order valence-electron chi connectivity index (χ3n) is 3.85. The molecule has 84 valence electrons. The first-order chi connectivity index (χ1) is 7.74. The minimum atomic E-state index is -0.913. The molecule has 1 heterocycles. The van der Waals surface area contributed by atoms with Crippen molar-refractivity contribution >= 4 is 5.97 Å². The Morgan fingerprint density at radius 2 is 2.50 bits per heavy atom. The second kappa shape index (κ2) is 3.20. The Kier molecular flexibility index (Phi) is 1.93. The summed E-state index contributed by atoms with van der Waals surface area (Å²) in [6, 6.07) is 0. The molecule has 0 spiro atoms. The fraction of sp³-hybridized carbons (Fsp3) is 0.500. The number of carbonyl (C=O) groups is 1. The first-order valence-corrected chi connectivity index (χ1v) is 5.65. The van der Waals surface area contributed by atoms with Crippen molar-refractivity contribution in [2.45, 2.75) is 25.7 Å². The lowest BCUT2D eigenvalue weighted by atomic mass is 10.0. The number of aromatic nitrogens is 2. The van der Waals surface area contributed by atoms with Crippen molar-refractivity contribution in [3.05, 3.63) is 29.1 Å². The van der Waals surface area contributed by atoms with E-state index in [0.29, 0.717) is 17.8 Å². The minimum Gasteiger partial charge on any atom is -0.476 e. The van der Waals surface area contributed by atoms with Gasteiger partial charge < -0.3 is 5.11 Å². The highest BCUT2D eigenvalue weighted by atomic mass is 16.4. The van der Waals surface area contributed by atoms with Crippen molar-refractivity contribution < 1.29 is 9.90 Å². The van der Waals surface area contributed by atoms with Crippen LogP contribution in [0.3, 0.4) is 0 Å². The van der Waals surface area contributed by atoms with E-state index >= 15 is 0 Å². The Hall–Kier alpha value is -1.58. The largest absolute Gasteiger partial charge is 0.476 e. The smallest absolute Gasteiger partial charge is 0.356 e. The highest BCUT2D eigenvalue weighted by molar-refractivity contribution is 5.87. The molecule has 3 unspecified atom stereocenters. The lowest BCUT2D eigenvalue weighted by Gasteiger charge is -2.00. The van der Waals surface area contributed by atoms with Crippen LogP contribution in [-0.4, -0.2) is 21.3 Å². The van der Waals surface area contributed by atoms with Crippen LogP contribution in [0.25, 0.3) is 0 Å². The van der Waals surface area contributed by atoms with Gasteiger partial charge in [0.15, 0.2) is 5.69 Å². The lowest BCUT2D eigenvalue weighted by Crippen LogP contribution is -2.02. The van der Waals surface area contributed by atoms with Crippen LogP contribution in [0, 0.1) is 11.8 Å². The van der Waals surface area contributed by atoms with Gasteiger partial charge in [0.2, 0.25) is 0 Å². The van der Waals surface area contributed by atoms with E-state index in [2.05, 4.69) is 22.3 Å². The second-order valence-corrected chi connectivity index (χ2v) is 4.63. The van der Waals surface area contributed by atoms with Gasteiger partial charge in [-0.3, -0.25) is 5.10 Å². The molecule has 0 radical (unpaired) electrons. The van der Waals surface area contributed by atoms with Gasteiger partial charge in [-0.2, -0.15) is 5.10 Å². The summed E-state index contributed by atoms with van der Waals surface area (Å²) in [6.07, 6.45) is 6.26. The molecule has 16 heavy (non-hydrogen) atoms. The molecular weight excluding hydrogens is 204 g/mol. The van der Waals surface area contributed by atoms with Gasteiger partial charge in [0.25, 0.3) is 0 Å². The zero-order valence-corrected chi connectivity index (χ0v) is 9.10. The van der Waals surface area contributed by atoms with Gasteiger partial charge in [-0.15, -0.1) is 0 Å². The van der Waals surface area contributed by atoms with E-state index in [1.807, 2.05) is 6.92 Å². The van der Waals surface area contributed by atoms with E-state index in [1.54, 1.807) is 0 Å². The Morgan fingerprint density at radius 3 is 3.19 bits per heavy atom. The van der Waals surface area contributed by atoms with Crippen LogP contribution in [0.5, 0.6) is 0 Å². The second-order valence-electron chi connectivity index (χ2n) is 4.63. The molecular formula is C12H14N2O2. The number of carboxylic acid groups (broad SMARTS) is 1. The number of nitrogens with one attached hydrogen (secondary N) is 1. The number of aromatic amines is 1. The zero-order valence-electron chi connectivity index (χ0n) is 9.10. The molecule has 0 amide bonds. The van der Waals surface area contributed by atoms with Crippen LogP contribution in [-0.2, 0) is 6.42 Å². The van der Waals surface area contributed by atoms with E-state index < -0.39 is 5.97 Å². The summed E-state index contributed by atoms with van der Waals surface area (Å²) in [6.45, 7) is 2.03. The van der Waals surface area contributed by atoms with E-state index in [1.165, 1.54) is 0 Å². The van der Waals surface area contributed by atoms with Crippen LogP contribution in [0.1, 0.15) is 41.0 Å². The SMILES string of the molecule is CC=CCC1C2Cc3c(C(=O)O)n[nH]c3C12. The van der Waals surface area contributed by atoms with Crippen molar-refractivity contribution in [1.29, 1.82) is 0 Å². The summed E-state index contributed by atoms with van der Waals surface area (Å²) in [5, 5.41) is 15.7. The maximum absolute atomic E-state index is 10.9. The molecule has 3 rings (SSSR count). The molecule has 1 saturated carbocycles. The topological polar surface area (TPSA) is 66.0 Å². The van der Waals surface area contributed by atoms with Gasteiger partial charge in [-0.1, -0.05) is 12.2 Å². The summed E-state index contributed by atoms with van der Waals surface area (Å²) < 4.78 is 0. The van der Waals surface area contributed by atoms with Crippen molar-refractivity contribution in [2.24, 2.45) is 11.8 Å². The van der Waals surface area contributed by atoms with Gasteiger partial charge in [-0.05, 0) is 31.6 Å². The van der Waals surface area contributed by atoms with E-state index in [9.17, 15) is 4.79 Å². The zero-order chi connectivity index (χ0) is 11.3. The molecule has 4 heteroatoms. The molecule has 2 N–H and O–H groups in total. The molecule has 2 aliphatic carbocycles. The van der Waals surface area contributed by atoms with Crippen molar-refractivity contribution in [2.75, 3.05) is 0 Å². The van der Waals surface area contributed by atoms with Crippen LogP contribution < -0.4 is 0 Å². The Balaban J connectivity index is 1.83. The van der Waals surface area contributed by atoms with E-state index in [4.69, 9.17) is 5.11 Å². The van der Waals surface area contributed by atoms with Crippen molar-refractivity contribution in [1.82, 2.24) is 10.2 Å². The summed E-state index contributed by atoms with van der Waals surface area (Å²) in [5.74, 6) is 0.972. The third kappa shape index (κ3) is 1.16. The molecule has 4 nitrogen and oxygen atoms in total. The molecule has 3 atom stereocenters. The number of allylic oxidation sites excluding steroid dienone is 2. The highest BCUT2D eigenvalue weighted by Crippen LogP contribution is 2.62. The van der Waals surface area contributed by atoms with Crippen LogP contribution in [0.4, 0.5) is 0 Å². The predicted octanol–water partition coefficient (Wildman–Crippen LogP) is 1.96. The monoisotopic (exact) mass is 218 g/mol. The van der Waals surface area contributed by atoms with Crippen LogP contribution >= 0.6 is 0 Å². The van der Waals surface area contributed by atoms with Crippen molar-refractivity contribution in [3.8, 4) is 0 Å². The number of carboxylic acids is 1. The maximum atomic E-state index is 10.9. The molecule has 0 saturated heterocycles. The van der Waals surface area contributed by atoms with Crippen LogP contribution in [0.2, 0.25) is 0 Å². The molecule has 1 aromatic rings. The maximum Gasteiger partial charge on any atom is 0.356 e. The number of hydrogen-bond donors (Lipinski definition) is 2. The van der Waals surface area contributed by atoms with Gasteiger partial charge in [0, 0.05) is 17.2 Å². The van der Waals surface area contributed by atoms with E-state index in [-0.39, 0.29) is 5.69 Å². The number of fused-ring (bicyclic) bond motifs is 3. The lowest BCUT2D eigenvalue weighted by molar-refractivity contribution is 0.0689. The van der Waals surface area contributed by atoms with Gasteiger partial charge in [-0.25, -0.2) is 4.79 Å². The van der Waals surface area contributed by atoms with Gasteiger partial charge in [0.1, 0.15) is 0 Å². The standard InChI is InChI=1S/C12H14N2O2/c1-2-3-4-6-7-5-8-10(9(6)7)13-14-11(8)12(15)16/h2-3,6-7,9H,4-5H2,1H3,(H,13,14)(H,15,16).